The van der Waals surface area contributed by atoms with Crippen LogP contribution in [0.4, 0.5) is 5.69 Å². The summed E-state index contributed by atoms with van der Waals surface area (Å²) in [6.45, 7) is 22.9. The van der Waals surface area contributed by atoms with Crippen LogP contribution < -0.4 is 0 Å². The molecule has 0 bridgehead atoms. The van der Waals surface area contributed by atoms with Gasteiger partial charge in [-0.2, -0.15) is 0 Å². The molecule has 4 N–H and O–H groups in total. The maximum absolute atomic E-state index is 11.7. The third-order valence-electron chi connectivity index (χ3n) is 32.9. The molecule has 5 aromatic carbocycles. The summed E-state index contributed by atoms with van der Waals surface area (Å²) >= 11 is -3.30. The first-order chi connectivity index (χ1) is 67.4. The van der Waals surface area contributed by atoms with Gasteiger partial charge in [0.1, 0.15) is 23.0 Å². The van der Waals surface area contributed by atoms with Crippen LogP contribution in [0.3, 0.4) is 0 Å². The fourth-order valence-corrected chi connectivity index (χ4v) is 23.2. The number of hydrogen-bond acceptors (Lipinski definition) is 10. The molecule has 8 aliphatic rings. The standard InChI is InChI=1S/C33H47NO.2C28H45NO.C27H42N2O3.8ClH.4Zr/c1-25-16-15-21-32(26(25)2)34-24-30-22-29(27-17-13-10-14-18-27)23-31(33(30)35)28-19-11-8-6-4-3-5-7-9-12-20-28;1-21-18-25(20-29-27-17-13-14-22(2)23(27)3)28(30)26(19-21)24-15-11-9-7-5-4-6-8-10-12-16-24;1-21-14-13-17-27(23(21)3)29-20-26-22(2)18-19-25(28(26)30)24-15-11-9-7-5-4-6-8-10-12-16-24;1-20-13-12-16-26(21(20)2)28-19-23-17-24(29(31)32)18-25(27(23)30)22-14-10-8-6-4-3-5-7-9-11-15-22;;;;;;;;;;;;/h10,13-14,17-18,22-26,28,32,35H,3-9,11-12,15-16,19-21H2,1-2H3;18-20,22-24,27,30H,4-17H2,1-3H3;18-21,23-24,27,30H,4-17H2,1-3H3;17-22,26,30H,3-16H2,1-2H3;8*1H;;;;/q;;;;;;;;;;;;4*+2/p-8. The van der Waals surface area contributed by atoms with Crippen LogP contribution in [-0.2, 0) is 83.4 Å². The van der Waals surface area contributed by atoms with Gasteiger partial charge in [0.2, 0.25) is 0 Å². The fourth-order valence-electron chi connectivity index (χ4n) is 23.2. The molecule has 8 fully saturated rings. The van der Waals surface area contributed by atoms with E-state index in [1.807, 2.05) is 18.6 Å². The van der Waals surface area contributed by atoms with Crippen molar-refractivity contribution >= 4 is 98.6 Å². The molecular formula is C116H179Cl8N5O6Zr4. The zero-order valence-electron chi connectivity index (χ0n) is 87.0. The Hall–Kier alpha value is -0.768. The van der Waals surface area contributed by atoms with E-state index in [2.05, 4.69) is 136 Å². The molecule has 8 aliphatic carbocycles. The van der Waals surface area contributed by atoms with Crippen LogP contribution in [0.1, 0.15) is 494 Å². The molecular weight excluding hydrogens is 2210 g/mol. The normalized spacial score (nSPS) is 25.3. The van der Waals surface area contributed by atoms with E-state index in [4.69, 9.17) is 88.1 Å². The molecule has 13 rings (SSSR count). The van der Waals surface area contributed by atoms with Crippen LogP contribution in [-0.4, -0.2) is 74.4 Å². The number of benzene rings is 5. The molecule has 12 unspecified atom stereocenters. The van der Waals surface area contributed by atoms with Gasteiger partial charge in [0, 0.05) is 64.8 Å². The Morgan fingerprint density at radius 2 is 0.547 bits per heavy atom. The second-order valence-corrected chi connectivity index (χ2v) is 57.6. The number of phenols is 4. The molecule has 11 nitrogen and oxygen atoms in total. The van der Waals surface area contributed by atoms with Crippen molar-refractivity contribution in [1.82, 2.24) is 0 Å². The zero-order valence-corrected chi connectivity index (χ0v) is 103. The molecule has 0 amide bonds. The molecule has 23 heteroatoms. The van der Waals surface area contributed by atoms with E-state index in [1.165, 1.54) is 355 Å². The maximum atomic E-state index is 11.7. The molecule has 0 radical (unpaired) electrons. The third-order valence-corrected chi connectivity index (χ3v) is 32.9. The Bertz CT molecular complexity index is 4190. The fraction of sp³-hybridized carbons (Fsp3) is 0.707. The number of non-ortho nitro benzene ring substituents is 1. The second-order valence-electron chi connectivity index (χ2n) is 42.7. The Morgan fingerprint density at radius 1 is 0.288 bits per heavy atom. The average molecular weight is 2390 g/mol. The number of halogens is 8. The first-order valence-electron chi connectivity index (χ1n) is 55.0. The third kappa shape index (κ3) is 48.2. The number of hydrogen-bond donors (Lipinski definition) is 4. The van der Waals surface area contributed by atoms with Gasteiger partial charge in [0.25, 0.3) is 5.69 Å². The van der Waals surface area contributed by atoms with E-state index in [1.54, 1.807) is 12.3 Å². The van der Waals surface area contributed by atoms with E-state index < -0.39 is 83.4 Å². The predicted molar refractivity (Wildman–Crippen MR) is 589 cm³/mol. The number of rotatable bonds is 14. The van der Waals surface area contributed by atoms with Crippen LogP contribution in [0.2, 0.25) is 0 Å². The van der Waals surface area contributed by atoms with Crippen LogP contribution in [0.25, 0.3) is 11.1 Å². The molecule has 0 aromatic heterocycles. The van der Waals surface area contributed by atoms with Crippen molar-refractivity contribution in [3.8, 4) is 34.1 Å². The van der Waals surface area contributed by atoms with Crippen molar-refractivity contribution < 1.29 is 109 Å². The number of aliphatic imine (C=N–C) groups is 4. The van der Waals surface area contributed by atoms with E-state index in [9.17, 15) is 30.5 Å². The minimum atomic E-state index is -0.826. The number of nitro groups is 1. The number of aromatic hydroxyl groups is 4. The van der Waals surface area contributed by atoms with E-state index in [0.717, 1.165) is 89.7 Å². The number of phenolic OH excluding ortho intramolecular Hbond substituents is 4. The average Bonchev–Trinajstić information content (AvgIpc) is 0.810. The number of aryl methyl sites for hydroxylation is 2. The van der Waals surface area contributed by atoms with Gasteiger partial charge in [-0.05, 0) is 219 Å². The van der Waals surface area contributed by atoms with Crippen LogP contribution in [0.5, 0.6) is 23.0 Å². The van der Waals surface area contributed by atoms with Crippen molar-refractivity contribution in [3.63, 3.8) is 0 Å². The zero-order chi connectivity index (χ0) is 101. The number of nitro benzene ring substituents is 1. The van der Waals surface area contributed by atoms with Crippen LogP contribution >= 0.6 is 68.1 Å². The molecule has 8 saturated carbocycles. The second kappa shape index (κ2) is 76.7. The van der Waals surface area contributed by atoms with Gasteiger partial charge in [-0.3, -0.25) is 30.1 Å². The van der Waals surface area contributed by atoms with Gasteiger partial charge in [-0.1, -0.05) is 386 Å². The Kier molecular flexibility index (Phi) is 70.0. The molecule has 0 aliphatic heterocycles. The summed E-state index contributed by atoms with van der Waals surface area (Å²) in [6.07, 6.45) is 79.4. The van der Waals surface area contributed by atoms with Gasteiger partial charge in [-0.25, -0.2) is 0 Å². The molecule has 139 heavy (non-hydrogen) atoms. The van der Waals surface area contributed by atoms with E-state index >= 15 is 0 Å². The summed E-state index contributed by atoms with van der Waals surface area (Å²) in [5, 5.41) is 56.9. The van der Waals surface area contributed by atoms with Gasteiger partial charge in [-0.15, -0.1) is 0 Å². The summed E-state index contributed by atoms with van der Waals surface area (Å²) in [5.41, 5.74) is 12.4. The monoisotopic (exact) mass is 2380 g/mol. The number of nitrogens with zero attached hydrogens (tertiary/aromatic N) is 5. The summed E-state index contributed by atoms with van der Waals surface area (Å²) < 4.78 is 0. The molecule has 12 atom stereocenters. The van der Waals surface area contributed by atoms with Crippen molar-refractivity contribution in [2.45, 2.75) is 477 Å². The molecule has 5 aromatic rings. The van der Waals surface area contributed by atoms with Crippen LogP contribution in [0.15, 0.2) is 98.8 Å². The van der Waals surface area contributed by atoms with Gasteiger partial charge < -0.3 is 20.4 Å². The summed E-state index contributed by atoms with van der Waals surface area (Å²) in [4.78, 5) is 31.2. The van der Waals surface area contributed by atoms with Crippen molar-refractivity contribution in [1.29, 1.82) is 0 Å². The van der Waals surface area contributed by atoms with Gasteiger partial charge in [0.05, 0.1) is 29.1 Å². The Balaban J connectivity index is 0.000000273. The molecule has 0 saturated heterocycles. The SMILES string of the molecule is CC1CCCC(N=Cc2cc(-c3ccccc3)cc(C3CCCCCCCCCCC3)c2O)C1C.CC1CCCC(N=Cc2cc([N+](=O)[O-])cc(C3CCCCCCCCCCC3)c2O)C1C.Cc1cc(C=NC2CCCC(C)C2C)c(O)c(C2CCCCCCCCCCC2)c1.Cc1ccc(C2CCCCCCCCCCC2)c(O)c1C=NC1CCCC(C)C1C.[Cl][Zr][Cl].[Cl][Zr][Cl].[Cl][Zr][Cl].[Cl][Zr][Cl]. The first-order valence-corrected chi connectivity index (χ1v) is 80.3. The Labute approximate surface area is 919 Å². The first kappa shape index (κ1) is 127. The summed E-state index contributed by atoms with van der Waals surface area (Å²) in [6, 6.07) is 28.4. The summed E-state index contributed by atoms with van der Waals surface area (Å²) in [5.74, 6) is 8.48. The van der Waals surface area contributed by atoms with Crippen molar-refractivity contribution in [3.05, 3.63) is 145 Å². The quantitative estimate of drug-likeness (QED) is 0.0489. The molecule has 776 valence electrons. The van der Waals surface area contributed by atoms with Crippen LogP contribution in [0, 0.1) is 71.3 Å². The molecule has 0 heterocycles. The topological polar surface area (TPSA) is 174 Å². The van der Waals surface area contributed by atoms with Crippen molar-refractivity contribution in [2.24, 2.45) is 67.3 Å². The van der Waals surface area contributed by atoms with Crippen molar-refractivity contribution in [2.75, 3.05) is 0 Å². The minimum absolute atomic E-state index is 0.0652. The Morgan fingerprint density at radius 3 is 0.849 bits per heavy atom. The van der Waals surface area contributed by atoms with Gasteiger partial charge in [0.15, 0.2) is 0 Å². The predicted octanol–water partition coefficient (Wildman–Crippen LogP) is 39.8. The van der Waals surface area contributed by atoms with Gasteiger partial charge >= 0.3 is 151 Å². The van der Waals surface area contributed by atoms with E-state index in [0.29, 0.717) is 88.3 Å². The van der Waals surface area contributed by atoms with E-state index in [-0.39, 0.29) is 28.3 Å². The summed E-state index contributed by atoms with van der Waals surface area (Å²) in [7, 11) is 39.5. The molecule has 0 spiro atoms.